The largest absolute Gasteiger partial charge is 0.372 e. The van der Waals surface area contributed by atoms with E-state index in [4.69, 9.17) is 0 Å². The number of fused-ring (bicyclic) bond motifs is 4. The Morgan fingerprint density at radius 2 is 1.73 bits per heavy atom. The van der Waals surface area contributed by atoms with Crippen molar-refractivity contribution in [2.24, 2.45) is 11.8 Å². The van der Waals surface area contributed by atoms with Crippen LogP contribution in [0.4, 0.5) is 0 Å². The third-order valence-electron chi connectivity index (χ3n) is 6.31. The summed E-state index contributed by atoms with van der Waals surface area (Å²) in [6.45, 7) is 7.96. The molecule has 0 aromatic heterocycles. The Kier molecular flexibility index (Phi) is 3.53. The lowest BCUT2D eigenvalue weighted by Crippen LogP contribution is -2.59. The molecule has 26 heavy (non-hydrogen) atoms. The number of carbonyl (C=O) groups excluding carboxylic acids is 2. The third-order valence-corrected chi connectivity index (χ3v) is 6.31. The first-order valence-corrected chi connectivity index (χ1v) is 9.30. The maximum atomic E-state index is 13.2. The highest BCUT2D eigenvalue weighted by molar-refractivity contribution is 6.18. The van der Waals surface area contributed by atoms with Crippen molar-refractivity contribution in [3.05, 3.63) is 46.7 Å². The normalized spacial score (nSPS) is 33.2. The van der Waals surface area contributed by atoms with Crippen molar-refractivity contribution in [2.75, 3.05) is 0 Å². The van der Waals surface area contributed by atoms with Gasteiger partial charge in [0.25, 0.3) is 0 Å². The number of aliphatic hydroxyl groups is 2. The van der Waals surface area contributed by atoms with Gasteiger partial charge in [0.15, 0.2) is 5.78 Å². The molecule has 0 fully saturated rings. The fraction of sp³-hybridized carbons (Fsp3) is 0.524. The minimum absolute atomic E-state index is 0.104. The van der Waals surface area contributed by atoms with Gasteiger partial charge in [0.1, 0.15) is 0 Å². The van der Waals surface area contributed by atoms with E-state index in [9.17, 15) is 19.8 Å². The molecular formula is C21H25NO4. The first-order valence-electron chi connectivity index (χ1n) is 9.30. The molecule has 0 saturated heterocycles. The van der Waals surface area contributed by atoms with Crippen molar-refractivity contribution in [3.8, 4) is 0 Å². The highest BCUT2D eigenvalue weighted by atomic mass is 16.4. The van der Waals surface area contributed by atoms with Crippen molar-refractivity contribution >= 4 is 11.6 Å². The molecule has 0 saturated carbocycles. The van der Waals surface area contributed by atoms with Gasteiger partial charge in [0, 0.05) is 29.3 Å². The zero-order valence-electron chi connectivity index (χ0n) is 15.6. The molecule has 2 N–H and O–H groups in total. The van der Waals surface area contributed by atoms with Crippen LogP contribution in [0.2, 0.25) is 0 Å². The van der Waals surface area contributed by atoms with Gasteiger partial charge in [-0.2, -0.15) is 0 Å². The molecule has 0 amide bonds. The van der Waals surface area contributed by atoms with Crippen LogP contribution in [0.3, 0.4) is 0 Å². The Balaban J connectivity index is 2.00. The van der Waals surface area contributed by atoms with Crippen LogP contribution >= 0.6 is 0 Å². The minimum atomic E-state index is -2.23. The van der Waals surface area contributed by atoms with Gasteiger partial charge in [-0.15, -0.1) is 0 Å². The molecule has 0 radical (unpaired) electrons. The number of Topliss-reactive ketones (excluding diaryl/α,β-unsaturated/α-hetero) is 2. The third kappa shape index (κ3) is 1.78. The second-order valence-corrected chi connectivity index (χ2v) is 8.38. The molecule has 3 aliphatic rings. The summed E-state index contributed by atoms with van der Waals surface area (Å²) in [4.78, 5) is 27.9. The lowest BCUT2D eigenvalue weighted by Gasteiger charge is -2.43. The number of hydrogen-bond donors (Lipinski definition) is 2. The number of rotatable bonds is 2. The molecule has 0 spiro atoms. The first kappa shape index (κ1) is 17.4. The molecule has 4 rings (SSSR count). The molecule has 3 atom stereocenters. The van der Waals surface area contributed by atoms with E-state index >= 15 is 0 Å². The van der Waals surface area contributed by atoms with Crippen LogP contribution in [-0.4, -0.2) is 38.3 Å². The maximum Gasteiger partial charge on any atom is 0.210 e. The smallest absolute Gasteiger partial charge is 0.210 e. The summed E-state index contributed by atoms with van der Waals surface area (Å²) in [7, 11) is 0. The van der Waals surface area contributed by atoms with Gasteiger partial charge in [0.2, 0.25) is 17.1 Å². The van der Waals surface area contributed by atoms with E-state index in [0.29, 0.717) is 30.0 Å². The summed E-state index contributed by atoms with van der Waals surface area (Å²) in [5.74, 6) is -0.369. The summed E-state index contributed by atoms with van der Waals surface area (Å²) >= 11 is 0. The molecule has 1 aromatic carbocycles. The minimum Gasteiger partial charge on any atom is -0.372 e. The molecule has 138 valence electrons. The van der Waals surface area contributed by atoms with Gasteiger partial charge in [-0.3, -0.25) is 9.59 Å². The number of allylic oxidation sites excluding steroid dienone is 1. The Bertz CT molecular complexity index is 855. The quantitative estimate of drug-likeness (QED) is 0.852. The molecule has 0 bridgehead atoms. The monoisotopic (exact) mass is 355 g/mol. The first-order chi connectivity index (χ1) is 12.2. The Morgan fingerprint density at radius 1 is 1.08 bits per heavy atom. The van der Waals surface area contributed by atoms with Crippen molar-refractivity contribution in [1.82, 2.24) is 4.90 Å². The molecule has 2 aliphatic carbocycles. The maximum absolute atomic E-state index is 13.2. The van der Waals surface area contributed by atoms with Crippen LogP contribution in [0.25, 0.3) is 0 Å². The molecule has 1 aliphatic heterocycles. The summed E-state index contributed by atoms with van der Waals surface area (Å²) in [6.07, 6.45) is 0.876. The Hall–Kier alpha value is -1.98. The SMILES string of the molecule is CC(C)C1CC(=O)C2=C(C1)N(C(C)C)C1(O)c3ccccc3C(=O)C21O. The molecular weight excluding hydrogens is 330 g/mol. The average molecular weight is 355 g/mol. The summed E-state index contributed by atoms with van der Waals surface area (Å²) in [5, 5.41) is 23.3. The number of ketones is 2. The van der Waals surface area contributed by atoms with Crippen LogP contribution < -0.4 is 0 Å². The number of nitrogens with zero attached hydrogens (tertiary/aromatic N) is 1. The summed E-state index contributed by atoms with van der Waals surface area (Å²) in [6, 6.07) is 6.54. The molecule has 1 heterocycles. The summed E-state index contributed by atoms with van der Waals surface area (Å²) in [5.41, 5.74) is -2.76. The van der Waals surface area contributed by atoms with Gasteiger partial charge < -0.3 is 15.1 Å². The van der Waals surface area contributed by atoms with E-state index in [-0.39, 0.29) is 28.9 Å². The van der Waals surface area contributed by atoms with Crippen molar-refractivity contribution in [2.45, 2.75) is 57.9 Å². The molecule has 3 unspecified atom stereocenters. The van der Waals surface area contributed by atoms with Crippen molar-refractivity contribution in [1.29, 1.82) is 0 Å². The van der Waals surface area contributed by atoms with Gasteiger partial charge in [0.05, 0.1) is 5.57 Å². The topological polar surface area (TPSA) is 77.8 Å². The van der Waals surface area contributed by atoms with E-state index in [1.807, 2.05) is 13.8 Å². The number of carbonyl (C=O) groups is 2. The van der Waals surface area contributed by atoms with Gasteiger partial charge in [-0.05, 0) is 32.1 Å². The van der Waals surface area contributed by atoms with Gasteiger partial charge in [-0.25, -0.2) is 0 Å². The highest BCUT2D eigenvalue weighted by Gasteiger charge is 2.73. The van der Waals surface area contributed by atoms with Crippen LogP contribution in [0.5, 0.6) is 0 Å². The second-order valence-electron chi connectivity index (χ2n) is 8.38. The predicted octanol–water partition coefficient (Wildman–Crippen LogP) is 2.37. The summed E-state index contributed by atoms with van der Waals surface area (Å²) < 4.78 is 0. The van der Waals surface area contributed by atoms with Crippen molar-refractivity contribution in [3.63, 3.8) is 0 Å². The zero-order valence-corrected chi connectivity index (χ0v) is 15.6. The fourth-order valence-electron chi connectivity index (χ4n) is 5.03. The Morgan fingerprint density at radius 3 is 2.35 bits per heavy atom. The molecule has 5 nitrogen and oxygen atoms in total. The lowest BCUT2D eigenvalue weighted by molar-refractivity contribution is -0.180. The molecule has 5 heteroatoms. The van der Waals surface area contributed by atoms with Crippen LogP contribution in [0.15, 0.2) is 35.5 Å². The van der Waals surface area contributed by atoms with Crippen molar-refractivity contribution < 1.29 is 19.8 Å². The average Bonchev–Trinajstić information content (AvgIpc) is 2.89. The van der Waals surface area contributed by atoms with E-state index in [1.54, 1.807) is 29.2 Å². The standard InChI is InChI=1S/C21H25NO4/c1-11(2)13-9-16-18(17(23)10-13)20(25)19(24)14-7-5-6-8-15(14)21(20,26)22(16)12(3)4/h5-8,11-13,25-26H,9-10H2,1-4H3. The predicted molar refractivity (Wildman–Crippen MR) is 96.2 cm³/mol. The molecule has 1 aromatic rings. The zero-order chi connectivity index (χ0) is 19.0. The lowest BCUT2D eigenvalue weighted by atomic mass is 9.75. The van der Waals surface area contributed by atoms with Gasteiger partial charge >= 0.3 is 0 Å². The van der Waals surface area contributed by atoms with E-state index in [1.165, 1.54) is 0 Å². The number of benzene rings is 1. The van der Waals surface area contributed by atoms with E-state index < -0.39 is 17.1 Å². The highest BCUT2D eigenvalue weighted by Crippen LogP contribution is 2.60. The van der Waals surface area contributed by atoms with E-state index in [0.717, 1.165) is 0 Å². The van der Waals surface area contributed by atoms with E-state index in [2.05, 4.69) is 13.8 Å². The Labute approximate surface area is 153 Å². The van der Waals surface area contributed by atoms with Crippen LogP contribution in [0.1, 0.15) is 56.5 Å². The number of hydrogen-bond acceptors (Lipinski definition) is 5. The van der Waals surface area contributed by atoms with Crippen LogP contribution in [0, 0.1) is 11.8 Å². The second kappa shape index (κ2) is 5.27. The van der Waals surface area contributed by atoms with Gasteiger partial charge in [-0.1, -0.05) is 38.1 Å². The van der Waals surface area contributed by atoms with Crippen LogP contribution in [-0.2, 0) is 10.5 Å². The fourth-order valence-corrected chi connectivity index (χ4v) is 5.03.